The average Bonchev–Trinajstić information content (AvgIpc) is 3.61. The fourth-order valence-corrected chi connectivity index (χ4v) is 14.5. The highest BCUT2D eigenvalue weighted by molar-refractivity contribution is 5.69. The Labute approximate surface area is 313 Å². The fraction of sp³-hybridized carbons (Fsp3) is 0.976. The lowest BCUT2D eigenvalue weighted by atomic mass is 9.44. The van der Waals surface area contributed by atoms with E-state index in [4.69, 9.17) is 24.7 Å². The Kier molecular flexibility index (Phi) is 8.92. The summed E-state index contributed by atoms with van der Waals surface area (Å²) in [5, 5.41) is 21.7. The second-order valence-electron chi connectivity index (χ2n) is 21.7. The summed E-state index contributed by atoms with van der Waals surface area (Å²) in [6.45, 7) is 23.7. The van der Waals surface area contributed by atoms with Crippen molar-refractivity contribution in [3.8, 4) is 0 Å². The smallest absolute Gasteiger partial charge is 0.410 e. The number of hydrogen-bond acceptors (Lipinski definition) is 9. The maximum absolute atomic E-state index is 12.4. The van der Waals surface area contributed by atoms with Crippen LogP contribution < -0.4 is 5.73 Å². The van der Waals surface area contributed by atoms with Crippen LogP contribution in [0.4, 0.5) is 4.79 Å². The van der Waals surface area contributed by atoms with Crippen LogP contribution >= 0.6 is 0 Å². The van der Waals surface area contributed by atoms with Crippen molar-refractivity contribution in [1.82, 2.24) is 9.80 Å². The quantitative estimate of drug-likeness (QED) is 0.322. The number of nitrogens with zero attached hydrogens (tertiary/aromatic N) is 2. The molecule has 10 nitrogen and oxygen atoms in total. The second kappa shape index (κ2) is 12.2. The predicted octanol–water partition coefficient (Wildman–Crippen LogP) is 5.56. The Bertz CT molecular complexity index is 1390. The van der Waals surface area contributed by atoms with Crippen LogP contribution in [0.5, 0.6) is 0 Å². The van der Waals surface area contributed by atoms with E-state index in [9.17, 15) is 15.0 Å². The van der Waals surface area contributed by atoms with Gasteiger partial charge < -0.3 is 39.8 Å². The van der Waals surface area contributed by atoms with Gasteiger partial charge in [0.25, 0.3) is 0 Å². The lowest BCUT2D eigenvalue weighted by Gasteiger charge is -2.63. The van der Waals surface area contributed by atoms with Gasteiger partial charge >= 0.3 is 6.09 Å². The van der Waals surface area contributed by atoms with E-state index in [-0.39, 0.29) is 47.1 Å². The molecule has 1 amide bonds. The van der Waals surface area contributed by atoms with Crippen LogP contribution in [0.25, 0.3) is 0 Å². The molecule has 2 spiro atoms. The first-order valence-corrected chi connectivity index (χ1v) is 21.0. The number of aliphatic hydroxyl groups is 2. The third-order valence-electron chi connectivity index (χ3n) is 16.8. The molecule has 8 aliphatic rings. The van der Waals surface area contributed by atoms with Crippen LogP contribution in [0.2, 0.25) is 0 Å². The number of fused-ring (bicyclic) bond motifs is 4. The Morgan fingerprint density at radius 3 is 2.38 bits per heavy atom. The third-order valence-corrected chi connectivity index (χ3v) is 16.8. The molecular formula is C42H71N3O7. The largest absolute Gasteiger partial charge is 0.444 e. The van der Waals surface area contributed by atoms with Crippen LogP contribution in [0, 0.1) is 51.2 Å². The number of carbonyl (C=O) groups is 1. The molecule has 5 saturated carbocycles. The van der Waals surface area contributed by atoms with E-state index in [1.54, 1.807) is 13.8 Å². The Balaban J connectivity index is 0.909. The van der Waals surface area contributed by atoms with Gasteiger partial charge in [0.15, 0.2) is 6.29 Å². The first kappa shape index (κ1) is 37.9. The third kappa shape index (κ3) is 5.68. The summed E-state index contributed by atoms with van der Waals surface area (Å²) >= 11 is 0. The monoisotopic (exact) mass is 730 g/mol. The van der Waals surface area contributed by atoms with Gasteiger partial charge in [-0.2, -0.15) is 0 Å². The first-order chi connectivity index (χ1) is 24.1. The van der Waals surface area contributed by atoms with Gasteiger partial charge in [0.1, 0.15) is 11.7 Å². The van der Waals surface area contributed by atoms with E-state index in [1.807, 2.05) is 25.7 Å². The molecule has 10 heteroatoms. The van der Waals surface area contributed by atoms with Crippen molar-refractivity contribution in [2.45, 2.75) is 168 Å². The standard InChI is InChI=1S/C42H71N3O7/c1-25-18-27(34(46)38(7,8)48)50-28-19-42(43)30-11-10-29-37(5,6)31(12-13-40(29)24-41(30,40)15-14-39(42,9)33(25)28)51-32-23-44(16-17-49-32)20-26-21-45(22-26)35(47)52-36(2,3)4/h25-34,46,48H,10-24,43H2,1-9H3. The minimum Gasteiger partial charge on any atom is -0.444 e. The van der Waals surface area contributed by atoms with Gasteiger partial charge in [0, 0.05) is 44.2 Å². The van der Waals surface area contributed by atoms with Gasteiger partial charge in [0.05, 0.1) is 30.5 Å². The molecule has 52 heavy (non-hydrogen) atoms. The van der Waals surface area contributed by atoms with Crippen LogP contribution in [0.15, 0.2) is 0 Å². The molecule has 13 unspecified atom stereocenters. The van der Waals surface area contributed by atoms with E-state index in [1.165, 1.54) is 32.1 Å². The molecule has 0 radical (unpaired) electrons. The number of carbonyl (C=O) groups excluding carboxylic acids is 1. The number of nitrogens with two attached hydrogens (primary N) is 1. The molecule has 8 fully saturated rings. The maximum atomic E-state index is 12.4. The van der Waals surface area contributed by atoms with Crippen LogP contribution in [-0.2, 0) is 18.9 Å². The maximum Gasteiger partial charge on any atom is 0.410 e. The number of likely N-dealkylation sites (tertiary alicyclic amines) is 1. The highest BCUT2D eigenvalue weighted by atomic mass is 16.7. The topological polar surface area (TPSA) is 127 Å². The molecule has 296 valence electrons. The van der Waals surface area contributed by atoms with Gasteiger partial charge in [-0.15, -0.1) is 0 Å². The number of ether oxygens (including phenoxy) is 4. The molecule has 8 rings (SSSR count). The molecule has 0 aromatic rings. The van der Waals surface area contributed by atoms with Gasteiger partial charge in [-0.25, -0.2) is 4.79 Å². The Hall–Kier alpha value is -1.01. The zero-order chi connectivity index (χ0) is 37.4. The number of rotatable bonds is 6. The lowest BCUT2D eigenvalue weighted by molar-refractivity contribution is -0.246. The Morgan fingerprint density at radius 2 is 1.69 bits per heavy atom. The average molecular weight is 730 g/mol. The van der Waals surface area contributed by atoms with Crippen molar-refractivity contribution in [3.63, 3.8) is 0 Å². The summed E-state index contributed by atoms with van der Waals surface area (Å²) in [6.07, 6.45) is 8.54. The minimum atomic E-state index is -1.20. The molecule has 0 bridgehead atoms. The molecule has 3 saturated heterocycles. The van der Waals surface area contributed by atoms with E-state index in [0.717, 1.165) is 58.4 Å². The van der Waals surface area contributed by atoms with E-state index >= 15 is 0 Å². The molecular weight excluding hydrogens is 658 g/mol. The highest BCUT2D eigenvalue weighted by Gasteiger charge is 2.83. The van der Waals surface area contributed by atoms with E-state index < -0.39 is 17.3 Å². The zero-order valence-electron chi connectivity index (χ0n) is 33.8. The number of hydrogen-bond donors (Lipinski definition) is 3. The lowest BCUT2D eigenvalue weighted by Crippen LogP contribution is -2.66. The summed E-state index contributed by atoms with van der Waals surface area (Å²) in [6, 6.07) is 0. The zero-order valence-corrected chi connectivity index (χ0v) is 33.8. The van der Waals surface area contributed by atoms with Crippen molar-refractivity contribution in [2.75, 3.05) is 39.3 Å². The van der Waals surface area contributed by atoms with Gasteiger partial charge in [-0.1, -0.05) is 27.7 Å². The molecule has 3 heterocycles. The van der Waals surface area contributed by atoms with Crippen molar-refractivity contribution in [2.24, 2.45) is 57.0 Å². The van der Waals surface area contributed by atoms with Crippen LogP contribution in [-0.4, -0.2) is 113 Å². The van der Waals surface area contributed by atoms with Crippen LogP contribution in [0.1, 0.15) is 120 Å². The molecule has 13 atom stereocenters. The van der Waals surface area contributed by atoms with Gasteiger partial charge in [-0.05, 0) is 138 Å². The highest BCUT2D eigenvalue weighted by Crippen LogP contribution is 2.87. The predicted molar refractivity (Wildman–Crippen MR) is 198 cm³/mol. The minimum absolute atomic E-state index is 0.0157. The molecule has 3 aliphatic heterocycles. The van der Waals surface area contributed by atoms with Gasteiger partial charge in [-0.3, -0.25) is 4.90 Å². The van der Waals surface area contributed by atoms with Crippen molar-refractivity contribution < 1.29 is 34.0 Å². The summed E-state index contributed by atoms with van der Waals surface area (Å²) in [7, 11) is 0. The number of aliphatic hydroxyl groups excluding tert-OH is 1. The molecule has 0 aromatic heterocycles. The summed E-state index contributed by atoms with van der Waals surface area (Å²) in [5.41, 5.74) is 6.65. The second-order valence-corrected chi connectivity index (χ2v) is 21.7. The van der Waals surface area contributed by atoms with Crippen molar-refractivity contribution >= 4 is 6.09 Å². The normalized spacial score (nSPS) is 48.0. The van der Waals surface area contributed by atoms with E-state index in [0.29, 0.717) is 47.0 Å². The number of morpholine rings is 1. The molecule has 4 N–H and O–H groups in total. The Morgan fingerprint density at radius 1 is 1.00 bits per heavy atom. The molecule has 0 aromatic carbocycles. The fourth-order valence-electron chi connectivity index (χ4n) is 14.5. The summed E-state index contributed by atoms with van der Waals surface area (Å²) < 4.78 is 25.6. The van der Waals surface area contributed by atoms with Gasteiger partial charge in [0.2, 0.25) is 0 Å². The van der Waals surface area contributed by atoms with E-state index in [2.05, 4.69) is 32.6 Å². The van der Waals surface area contributed by atoms with Crippen molar-refractivity contribution in [1.29, 1.82) is 0 Å². The first-order valence-electron chi connectivity index (χ1n) is 21.0. The number of amides is 1. The van der Waals surface area contributed by atoms with Crippen molar-refractivity contribution in [3.05, 3.63) is 0 Å². The molecule has 5 aliphatic carbocycles. The van der Waals surface area contributed by atoms with Crippen LogP contribution in [0.3, 0.4) is 0 Å². The summed E-state index contributed by atoms with van der Waals surface area (Å²) in [5.74, 6) is 2.34. The SMILES string of the molecule is CC1CC(C(O)C(C)(C)O)OC2CC3(N)C4CCC5C(C)(C)C(OC6CN(CC7CN(C(=O)OC(C)(C)C)C7)CCO6)CCC56CC46CCC3(C)C12. The summed E-state index contributed by atoms with van der Waals surface area (Å²) in [4.78, 5) is 16.7.